The predicted molar refractivity (Wildman–Crippen MR) is 78.6 cm³/mol. The van der Waals surface area contributed by atoms with Crippen LogP contribution in [-0.4, -0.2) is 56.0 Å². The van der Waals surface area contributed by atoms with Gasteiger partial charge in [0, 0.05) is 13.1 Å². The molecular formula is C15H22FN3O2. The third-order valence-corrected chi connectivity index (χ3v) is 3.65. The largest absolute Gasteiger partial charge is 0.494 e. The Hall–Kier alpha value is -1.66. The fraction of sp³-hybridized carbons (Fsp3) is 0.533. The molecule has 1 aliphatic rings. The average Bonchev–Trinajstić information content (AvgIpc) is 2.72. The highest BCUT2D eigenvalue weighted by Crippen LogP contribution is 2.28. The average molecular weight is 295 g/mol. The number of rotatable bonds is 5. The monoisotopic (exact) mass is 295 g/mol. The predicted octanol–water partition coefficient (Wildman–Crippen LogP) is 1.21. The molecule has 1 N–H and O–H groups in total. The fourth-order valence-electron chi connectivity index (χ4n) is 2.45. The van der Waals surface area contributed by atoms with Crippen molar-refractivity contribution in [3.8, 4) is 5.75 Å². The fourth-order valence-corrected chi connectivity index (χ4v) is 2.45. The van der Waals surface area contributed by atoms with Gasteiger partial charge >= 0.3 is 0 Å². The number of methoxy groups -OCH3 is 1. The minimum atomic E-state index is -0.420. The maximum atomic E-state index is 13.9. The Morgan fingerprint density at radius 3 is 2.71 bits per heavy atom. The molecule has 1 aromatic rings. The molecule has 1 aliphatic heterocycles. The van der Waals surface area contributed by atoms with Gasteiger partial charge < -0.3 is 14.5 Å². The summed E-state index contributed by atoms with van der Waals surface area (Å²) in [5.41, 5.74) is 0.727. The van der Waals surface area contributed by atoms with Crippen LogP contribution in [-0.2, 0) is 4.79 Å². The Kier molecular flexibility index (Phi) is 4.80. The van der Waals surface area contributed by atoms with Crippen LogP contribution in [0.3, 0.4) is 0 Å². The van der Waals surface area contributed by atoms with Gasteiger partial charge in [-0.25, -0.2) is 4.39 Å². The Balaban J connectivity index is 2.23. The van der Waals surface area contributed by atoms with Gasteiger partial charge in [-0.15, -0.1) is 0 Å². The normalized spacial score (nSPS) is 22.2. The molecule has 0 aromatic heterocycles. The Bertz CT molecular complexity index is 522. The first kappa shape index (κ1) is 15.7. The number of ether oxygens (including phenoxy) is 1. The standard InChI is InChI=1S/C15H22FN3O2/c1-10-15(20)19(8-7-18(2)3)14(17-10)11-5-6-13(21-4)12(16)9-11/h5-6,9-10,14,17H,7-8H2,1-4H3. The van der Waals surface area contributed by atoms with E-state index in [1.807, 2.05) is 25.9 Å². The van der Waals surface area contributed by atoms with E-state index >= 15 is 0 Å². The minimum absolute atomic E-state index is 0.0399. The van der Waals surface area contributed by atoms with Crippen molar-refractivity contribution in [2.24, 2.45) is 0 Å². The first-order valence-electron chi connectivity index (χ1n) is 6.98. The zero-order valence-corrected chi connectivity index (χ0v) is 12.9. The minimum Gasteiger partial charge on any atom is -0.494 e. The number of nitrogens with one attached hydrogen (secondary N) is 1. The van der Waals surface area contributed by atoms with Crippen molar-refractivity contribution in [3.63, 3.8) is 0 Å². The van der Waals surface area contributed by atoms with Gasteiger partial charge in [0.1, 0.15) is 6.17 Å². The topological polar surface area (TPSA) is 44.8 Å². The van der Waals surface area contributed by atoms with Gasteiger partial charge in [0.25, 0.3) is 0 Å². The molecule has 21 heavy (non-hydrogen) atoms. The van der Waals surface area contributed by atoms with Crippen molar-refractivity contribution in [2.75, 3.05) is 34.3 Å². The quantitative estimate of drug-likeness (QED) is 0.887. The molecule has 0 radical (unpaired) electrons. The van der Waals surface area contributed by atoms with E-state index < -0.39 is 5.82 Å². The lowest BCUT2D eigenvalue weighted by Gasteiger charge is -2.26. The number of likely N-dealkylation sites (N-methyl/N-ethyl adjacent to an activating group) is 1. The van der Waals surface area contributed by atoms with Gasteiger partial charge in [-0.2, -0.15) is 0 Å². The van der Waals surface area contributed by atoms with E-state index in [4.69, 9.17) is 4.74 Å². The SMILES string of the molecule is COc1ccc(C2NC(C)C(=O)N2CCN(C)C)cc1F. The summed E-state index contributed by atoms with van der Waals surface area (Å²) in [4.78, 5) is 16.0. The maximum Gasteiger partial charge on any atom is 0.241 e. The summed E-state index contributed by atoms with van der Waals surface area (Å²) >= 11 is 0. The van der Waals surface area contributed by atoms with Crippen LogP contribution in [0.4, 0.5) is 4.39 Å². The van der Waals surface area contributed by atoms with Crippen LogP contribution in [0.25, 0.3) is 0 Å². The number of nitrogens with zero attached hydrogens (tertiary/aromatic N) is 2. The second kappa shape index (κ2) is 6.41. The zero-order chi connectivity index (χ0) is 15.6. The van der Waals surface area contributed by atoms with E-state index in [0.29, 0.717) is 6.54 Å². The number of hydrogen-bond acceptors (Lipinski definition) is 4. The van der Waals surface area contributed by atoms with Crippen molar-refractivity contribution in [2.45, 2.75) is 19.1 Å². The third kappa shape index (κ3) is 3.33. The van der Waals surface area contributed by atoms with Gasteiger partial charge in [0.05, 0.1) is 13.2 Å². The summed E-state index contributed by atoms with van der Waals surface area (Å²) in [5.74, 6) is -0.176. The van der Waals surface area contributed by atoms with Gasteiger partial charge in [-0.1, -0.05) is 6.07 Å². The molecule has 0 aliphatic carbocycles. The molecule has 1 saturated heterocycles. The van der Waals surface area contributed by atoms with E-state index in [1.54, 1.807) is 17.0 Å². The van der Waals surface area contributed by atoms with Gasteiger partial charge in [0.15, 0.2) is 11.6 Å². The van der Waals surface area contributed by atoms with Gasteiger partial charge in [-0.05, 0) is 38.7 Å². The summed E-state index contributed by atoms with van der Waals surface area (Å²) < 4.78 is 18.8. The van der Waals surface area contributed by atoms with Crippen LogP contribution in [0.15, 0.2) is 18.2 Å². The zero-order valence-electron chi connectivity index (χ0n) is 12.9. The summed E-state index contributed by atoms with van der Waals surface area (Å²) in [6, 6.07) is 4.53. The molecule has 2 atom stereocenters. The lowest BCUT2D eigenvalue weighted by molar-refractivity contribution is -0.130. The van der Waals surface area contributed by atoms with Gasteiger partial charge in [-0.3, -0.25) is 10.1 Å². The molecule has 0 saturated carbocycles. The molecule has 1 fully saturated rings. The van der Waals surface area contributed by atoms with E-state index in [2.05, 4.69) is 5.32 Å². The first-order chi connectivity index (χ1) is 9.93. The van der Waals surface area contributed by atoms with Crippen molar-refractivity contribution in [3.05, 3.63) is 29.6 Å². The molecular weight excluding hydrogens is 273 g/mol. The number of benzene rings is 1. The van der Waals surface area contributed by atoms with Crippen LogP contribution in [0.1, 0.15) is 18.7 Å². The molecule has 1 heterocycles. The molecule has 2 rings (SSSR count). The van der Waals surface area contributed by atoms with Crippen molar-refractivity contribution >= 4 is 5.91 Å². The first-order valence-corrected chi connectivity index (χ1v) is 6.98. The second-order valence-corrected chi connectivity index (χ2v) is 5.52. The number of amides is 1. The van der Waals surface area contributed by atoms with E-state index in [9.17, 15) is 9.18 Å². The van der Waals surface area contributed by atoms with E-state index in [0.717, 1.165) is 12.1 Å². The maximum absolute atomic E-state index is 13.9. The number of carbonyl (C=O) groups is 1. The molecule has 1 aromatic carbocycles. The highest BCUT2D eigenvalue weighted by Gasteiger charge is 2.37. The summed E-state index contributed by atoms with van der Waals surface area (Å²) in [6.07, 6.45) is -0.298. The Morgan fingerprint density at radius 2 is 2.14 bits per heavy atom. The molecule has 5 nitrogen and oxygen atoms in total. The smallest absolute Gasteiger partial charge is 0.241 e. The lowest BCUT2D eigenvalue weighted by Crippen LogP contribution is -2.36. The summed E-state index contributed by atoms with van der Waals surface area (Å²) in [6.45, 7) is 3.18. The van der Waals surface area contributed by atoms with Crippen LogP contribution in [0.5, 0.6) is 5.75 Å². The number of halogens is 1. The van der Waals surface area contributed by atoms with Gasteiger partial charge in [0.2, 0.25) is 5.91 Å². The van der Waals surface area contributed by atoms with Crippen LogP contribution < -0.4 is 10.1 Å². The van der Waals surface area contributed by atoms with Crippen molar-refractivity contribution < 1.29 is 13.9 Å². The van der Waals surface area contributed by atoms with Crippen molar-refractivity contribution in [1.29, 1.82) is 0 Å². The molecule has 6 heteroatoms. The molecule has 116 valence electrons. The van der Waals surface area contributed by atoms with E-state index in [1.165, 1.54) is 13.2 Å². The van der Waals surface area contributed by atoms with Crippen molar-refractivity contribution in [1.82, 2.24) is 15.1 Å². The highest BCUT2D eigenvalue weighted by molar-refractivity contribution is 5.84. The molecule has 1 amide bonds. The van der Waals surface area contributed by atoms with E-state index in [-0.39, 0.29) is 23.9 Å². The number of hydrogen-bond donors (Lipinski definition) is 1. The Morgan fingerprint density at radius 1 is 1.43 bits per heavy atom. The second-order valence-electron chi connectivity index (χ2n) is 5.52. The summed E-state index contributed by atoms with van der Waals surface area (Å²) in [5, 5.41) is 3.21. The highest BCUT2D eigenvalue weighted by atomic mass is 19.1. The lowest BCUT2D eigenvalue weighted by atomic mass is 10.1. The molecule has 2 unspecified atom stereocenters. The summed E-state index contributed by atoms with van der Waals surface area (Å²) in [7, 11) is 5.35. The van der Waals surface area contributed by atoms with Crippen LogP contribution in [0, 0.1) is 5.82 Å². The Labute approximate surface area is 124 Å². The molecule has 0 spiro atoms. The molecule has 0 bridgehead atoms. The number of carbonyl (C=O) groups excluding carboxylic acids is 1. The van der Waals surface area contributed by atoms with Crippen LogP contribution >= 0.6 is 0 Å². The van der Waals surface area contributed by atoms with Crippen LogP contribution in [0.2, 0.25) is 0 Å². The third-order valence-electron chi connectivity index (χ3n) is 3.65.